The van der Waals surface area contributed by atoms with E-state index in [0.717, 1.165) is 0 Å². The van der Waals surface area contributed by atoms with E-state index >= 15 is 0 Å². The summed E-state index contributed by atoms with van der Waals surface area (Å²) in [6.07, 6.45) is 0. The van der Waals surface area contributed by atoms with Crippen LogP contribution in [0.4, 0.5) is 0 Å². The molecule has 0 radical (unpaired) electrons. The van der Waals surface area contributed by atoms with Crippen molar-refractivity contribution < 1.29 is 16.5 Å². The molecule has 4 nitrogen and oxygen atoms in total. The second-order valence-electron chi connectivity index (χ2n) is 5.94. The third-order valence-corrected chi connectivity index (χ3v) is 17.4. The van der Waals surface area contributed by atoms with Crippen LogP contribution in [0, 0.1) is 0 Å². The van der Waals surface area contributed by atoms with Crippen molar-refractivity contribution in [3.8, 4) is 0 Å². The van der Waals surface area contributed by atoms with Gasteiger partial charge in [0, 0.05) is 0 Å². The third-order valence-electron chi connectivity index (χ3n) is 1.94. The molecule has 0 atom stereocenters. The molecular formula is C9H30O4Si5. The molecule has 0 unspecified atom stereocenters. The first-order valence-electron chi connectivity index (χ1n) is 6.65. The Hall–Kier alpha value is 0.924. The fraction of sp³-hybridized carbons (Fsp3) is 1.00. The highest BCUT2D eigenvalue weighted by Crippen LogP contribution is 2.15. The van der Waals surface area contributed by atoms with Gasteiger partial charge < -0.3 is 16.5 Å². The predicted molar refractivity (Wildman–Crippen MR) is 90.1 cm³/mol. The van der Waals surface area contributed by atoms with Gasteiger partial charge in [-0.05, 0) is 58.9 Å². The van der Waals surface area contributed by atoms with Gasteiger partial charge in [-0.3, -0.25) is 0 Å². The van der Waals surface area contributed by atoms with Crippen LogP contribution in [0.15, 0.2) is 0 Å². The lowest BCUT2D eigenvalue weighted by atomic mass is 11.9. The molecule has 0 amide bonds. The van der Waals surface area contributed by atoms with E-state index in [1.807, 2.05) is 0 Å². The van der Waals surface area contributed by atoms with Crippen LogP contribution in [0.5, 0.6) is 0 Å². The lowest BCUT2D eigenvalue weighted by molar-refractivity contribution is 0.325. The van der Waals surface area contributed by atoms with Gasteiger partial charge in [-0.2, -0.15) is 0 Å². The SMILES string of the molecule is C[SiH](C)O[Si](C)(C)O[SiH](C)O[Si](C)(C)O[SiH](C)C. The topological polar surface area (TPSA) is 36.9 Å². The summed E-state index contributed by atoms with van der Waals surface area (Å²) >= 11 is 0. The first kappa shape index (κ1) is 18.9. The number of hydrogen-bond acceptors (Lipinski definition) is 4. The van der Waals surface area contributed by atoms with Gasteiger partial charge in [0.2, 0.25) is 0 Å². The molecule has 0 rings (SSSR count). The fourth-order valence-corrected chi connectivity index (χ4v) is 19.6. The van der Waals surface area contributed by atoms with E-state index in [2.05, 4.69) is 58.9 Å². The van der Waals surface area contributed by atoms with Crippen LogP contribution in [-0.4, -0.2) is 44.5 Å². The van der Waals surface area contributed by atoms with Crippen molar-refractivity contribution in [2.45, 2.75) is 58.9 Å². The van der Waals surface area contributed by atoms with Crippen molar-refractivity contribution in [1.29, 1.82) is 0 Å². The van der Waals surface area contributed by atoms with Crippen molar-refractivity contribution >= 4 is 44.5 Å². The van der Waals surface area contributed by atoms with E-state index in [1.165, 1.54) is 0 Å². The van der Waals surface area contributed by atoms with Crippen LogP contribution in [0.1, 0.15) is 0 Å². The normalized spacial score (nSPS) is 14.0. The number of hydrogen-bond donors (Lipinski definition) is 0. The largest absolute Gasteiger partial charge is 0.440 e. The Bertz CT molecular complexity index is 223. The first-order valence-corrected chi connectivity index (χ1v) is 19.9. The zero-order valence-corrected chi connectivity index (χ0v) is 18.8. The molecule has 0 heterocycles. The minimum absolute atomic E-state index is 1.04. The van der Waals surface area contributed by atoms with Crippen molar-refractivity contribution in [3.63, 3.8) is 0 Å². The predicted octanol–water partition coefficient (Wildman–Crippen LogP) is 2.27. The van der Waals surface area contributed by atoms with E-state index in [0.29, 0.717) is 0 Å². The van der Waals surface area contributed by atoms with Crippen molar-refractivity contribution in [2.75, 3.05) is 0 Å². The molecule has 0 aromatic heterocycles. The van der Waals surface area contributed by atoms with Crippen molar-refractivity contribution in [2.24, 2.45) is 0 Å². The van der Waals surface area contributed by atoms with E-state index in [9.17, 15) is 0 Å². The Labute approximate surface area is 120 Å². The highest BCUT2D eigenvalue weighted by molar-refractivity contribution is 6.81. The second-order valence-corrected chi connectivity index (χ2v) is 20.6. The van der Waals surface area contributed by atoms with Gasteiger partial charge in [0.05, 0.1) is 0 Å². The summed E-state index contributed by atoms with van der Waals surface area (Å²) in [5.74, 6) is 0. The Morgan fingerprint density at radius 3 is 1.06 bits per heavy atom. The highest BCUT2D eigenvalue weighted by atomic mass is 28.5. The van der Waals surface area contributed by atoms with Gasteiger partial charge in [0.15, 0.2) is 18.1 Å². The molecule has 0 aromatic carbocycles. The van der Waals surface area contributed by atoms with Gasteiger partial charge in [-0.1, -0.05) is 0 Å². The standard InChI is InChI=1S/C9H30O4Si5/c1-14(2)10-17(6,7)12-16(5)13-18(8,9)11-15(3)4/h14-16H,1-9H3. The van der Waals surface area contributed by atoms with Crippen LogP contribution < -0.4 is 0 Å². The minimum Gasteiger partial charge on any atom is -0.440 e. The monoisotopic (exact) mass is 342 g/mol. The Balaban J connectivity index is 4.28. The summed E-state index contributed by atoms with van der Waals surface area (Å²) in [6, 6.07) is 0. The molecule has 0 N–H and O–H groups in total. The lowest BCUT2D eigenvalue weighted by Crippen LogP contribution is -2.49. The quantitative estimate of drug-likeness (QED) is 0.634. The molecule has 0 fully saturated rings. The molecule has 110 valence electrons. The number of rotatable bonds is 8. The summed E-state index contributed by atoms with van der Waals surface area (Å²) in [5.41, 5.74) is 0. The average Bonchev–Trinajstić information content (AvgIpc) is 1.92. The average molecular weight is 343 g/mol. The Morgan fingerprint density at radius 1 is 0.556 bits per heavy atom. The Kier molecular flexibility index (Phi) is 8.03. The molecule has 0 bridgehead atoms. The molecule has 0 aromatic rings. The zero-order chi connectivity index (χ0) is 14.6. The van der Waals surface area contributed by atoms with Crippen LogP contribution in [-0.2, 0) is 16.5 Å². The maximum Gasteiger partial charge on any atom is 0.312 e. The maximum absolute atomic E-state index is 6.10. The van der Waals surface area contributed by atoms with Crippen molar-refractivity contribution in [1.82, 2.24) is 0 Å². The summed E-state index contributed by atoms with van der Waals surface area (Å²) in [4.78, 5) is 0. The van der Waals surface area contributed by atoms with Crippen LogP contribution >= 0.6 is 0 Å². The first-order chi connectivity index (χ1) is 7.93. The van der Waals surface area contributed by atoms with Gasteiger partial charge >= 0.3 is 26.4 Å². The van der Waals surface area contributed by atoms with E-state index in [1.54, 1.807) is 0 Å². The molecule has 18 heavy (non-hydrogen) atoms. The molecule has 0 saturated heterocycles. The van der Waals surface area contributed by atoms with Gasteiger partial charge in [0.25, 0.3) is 0 Å². The highest BCUT2D eigenvalue weighted by Gasteiger charge is 2.34. The summed E-state index contributed by atoms with van der Waals surface area (Å²) < 4.78 is 24.2. The van der Waals surface area contributed by atoms with E-state index in [4.69, 9.17) is 16.5 Å². The molecule has 0 aliphatic carbocycles. The molecule has 0 saturated carbocycles. The van der Waals surface area contributed by atoms with Gasteiger partial charge in [-0.15, -0.1) is 0 Å². The molecule has 0 aliphatic rings. The summed E-state index contributed by atoms with van der Waals surface area (Å²) in [6.45, 7) is 19.2. The smallest absolute Gasteiger partial charge is 0.312 e. The summed E-state index contributed by atoms with van der Waals surface area (Å²) in [7, 11) is -7.72. The van der Waals surface area contributed by atoms with Gasteiger partial charge in [0.1, 0.15) is 0 Å². The molecular weight excluding hydrogens is 313 g/mol. The van der Waals surface area contributed by atoms with Crippen molar-refractivity contribution in [3.05, 3.63) is 0 Å². The molecule has 0 spiro atoms. The third kappa shape index (κ3) is 9.80. The lowest BCUT2D eigenvalue weighted by Gasteiger charge is -2.33. The maximum atomic E-state index is 6.10. The van der Waals surface area contributed by atoms with Crippen LogP contribution in [0.2, 0.25) is 58.9 Å². The molecule has 9 heteroatoms. The van der Waals surface area contributed by atoms with E-state index in [-0.39, 0.29) is 0 Å². The van der Waals surface area contributed by atoms with Crippen LogP contribution in [0.3, 0.4) is 0 Å². The second kappa shape index (κ2) is 7.64. The zero-order valence-electron chi connectivity index (χ0n) is 13.4. The van der Waals surface area contributed by atoms with Gasteiger partial charge in [-0.25, -0.2) is 0 Å². The fourth-order valence-electron chi connectivity index (χ4n) is 2.01. The Morgan fingerprint density at radius 2 is 0.833 bits per heavy atom. The van der Waals surface area contributed by atoms with E-state index < -0.39 is 44.5 Å². The summed E-state index contributed by atoms with van der Waals surface area (Å²) in [5, 5.41) is 0. The van der Waals surface area contributed by atoms with Crippen LogP contribution in [0.25, 0.3) is 0 Å². The molecule has 0 aliphatic heterocycles. The minimum atomic E-state index is -1.99.